The van der Waals surface area contributed by atoms with Crippen molar-refractivity contribution < 1.29 is 0 Å². The molecule has 0 saturated heterocycles. The van der Waals surface area contributed by atoms with Crippen LogP contribution in [0.1, 0.15) is 25.0 Å². The number of thiocarbonyl (C=S) groups is 1. The van der Waals surface area contributed by atoms with E-state index in [1.165, 1.54) is 11.1 Å². The summed E-state index contributed by atoms with van der Waals surface area (Å²) >= 11 is 5.59. The van der Waals surface area contributed by atoms with E-state index in [1.54, 1.807) is 0 Å². The lowest BCUT2D eigenvalue weighted by atomic mass is 10.1. The van der Waals surface area contributed by atoms with Crippen molar-refractivity contribution in [3.05, 3.63) is 59.7 Å². The molecule has 0 aromatic heterocycles. The van der Waals surface area contributed by atoms with Gasteiger partial charge >= 0.3 is 0 Å². The van der Waals surface area contributed by atoms with Crippen LogP contribution in [-0.4, -0.2) is 11.7 Å². The quantitative estimate of drug-likeness (QED) is 0.818. The fraction of sp³-hybridized carbons (Fsp3) is 0.278. The molecule has 0 radical (unpaired) electrons. The van der Waals surface area contributed by atoms with Gasteiger partial charge in [-0.3, -0.25) is 0 Å². The molecular weight excluding hydrogens is 276 g/mol. The summed E-state index contributed by atoms with van der Waals surface area (Å²) in [6, 6.07) is 16.7. The second kappa shape index (κ2) is 7.23. The Morgan fingerprint density at radius 1 is 1.10 bits per heavy atom. The Hall–Kier alpha value is -1.87. The highest BCUT2D eigenvalue weighted by Crippen LogP contribution is 2.21. The van der Waals surface area contributed by atoms with E-state index < -0.39 is 0 Å². The van der Waals surface area contributed by atoms with Crippen LogP contribution >= 0.6 is 12.2 Å². The number of para-hydroxylation sites is 1. The van der Waals surface area contributed by atoms with Crippen molar-refractivity contribution in [1.82, 2.24) is 0 Å². The Kier molecular flexibility index (Phi) is 5.34. The maximum absolute atomic E-state index is 5.59. The molecule has 0 aliphatic heterocycles. The molecule has 0 amide bonds. The summed E-state index contributed by atoms with van der Waals surface area (Å²) in [7, 11) is 0. The van der Waals surface area contributed by atoms with Crippen LogP contribution < -0.4 is 10.2 Å². The van der Waals surface area contributed by atoms with Crippen LogP contribution in [-0.2, 0) is 6.42 Å². The molecule has 0 atom stereocenters. The highest BCUT2D eigenvalue weighted by atomic mass is 32.1. The summed E-state index contributed by atoms with van der Waals surface area (Å²) in [5.41, 5.74) is 4.74. The van der Waals surface area contributed by atoms with Crippen LogP contribution in [0, 0.1) is 6.92 Å². The predicted octanol–water partition coefficient (Wildman–Crippen LogP) is 4.78. The number of nitrogens with one attached hydrogen (secondary N) is 1. The molecule has 0 unspecified atom stereocenters. The number of anilines is 2. The fourth-order valence-electron chi connectivity index (χ4n) is 2.35. The molecule has 2 aromatic rings. The summed E-state index contributed by atoms with van der Waals surface area (Å²) in [5.74, 6) is 0. The molecule has 21 heavy (non-hydrogen) atoms. The van der Waals surface area contributed by atoms with Crippen molar-refractivity contribution in [2.24, 2.45) is 0 Å². The van der Waals surface area contributed by atoms with Gasteiger partial charge in [-0.1, -0.05) is 37.3 Å². The summed E-state index contributed by atoms with van der Waals surface area (Å²) in [6.45, 7) is 7.22. The number of benzene rings is 2. The number of hydrogen-bond donors (Lipinski definition) is 1. The van der Waals surface area contributed by atoms with Gasteiger partial charge in [0.25, 0.3) is 0 Å². The smallest absolute Gasteiger partial charge is 0.177 e. The first-order chi connectivity index (χ1) is 10.2. The highest BCUT2D eigenvalue weighted by molar-refractivity contribution is 7.80. The predicted molar refractivity (Wildman–Crippen MR) is 96.2 cm³/mol. The Balaban J connectivity index is 2.19. The largest absolute Gasteiger partial charge is 0.332 e. The fourth-order valence-corrected chi connectivity index (χ4v) is 2.69. The van der Waals surface area contributed by atoms with E-state index in [-0.39, 0.29) is 0 Å². The zero-order valence-corrected chi connectivity index (χ0v) is 13.7. The molecule has 110 valence electrons. The summed E-state index contributed by atoms with van der Waals surface area (Å²) < 4.78 is 0. The molecular formula is C18H22N2S. The lowest BCUT2D eigenvalue weighted by Gasteiger charge is -2.26. The van der Waals surface area contributed by atoms with Gasteiger partial charge in [0.2, 0.25) is 0 Å². The molecule has 0 fully saturated rings. The summed E-state index contributed by atoms with van der Waals surface area (Å²) in [4.78, 5) is 2.13. The lowest BCUT2D eigenvalue weighted by molar-refractivity contribution is 1.06. The van der Waals surface area contributed by atoms with Gasteiger partial charge in [0.05, 0.1) is 0 Å². The Morgan fingerprint density at radius 3 is 2.52 bits per heavy atom. The van der Waals surface area contributed by atoms with E-state index in [0.29, 0.717) is 0 Å². The van der Waals surface area contributed by atoms with Crippen LogP contribution in [0.4, 0.5) is 11.4 Å². The van der Waals surface area contributed by atoms with Crippen LogP contribution in [0.5, 0.6) is 0 Å². The first kappa shape index (κ1) is 15.5. The normalized spacial score (nSPS) is 10.2. The van der Waals surface area contributed by atoms with Gasteiger partial charge in [-0.2, -0.15) is 0 Å². The van der Waals surface area contributed by atoms with Crippen LogP contribution in [0.15, 0.2) is 48.5 Å². The third-order valence-corrected chi connectivity index (χ3v) is 3.88. The van der Waals surface area contributed by atoms with E-state index in [9.17, 15) is 0 Å². The van der Waals surface area contributed by atoms with Crippen molar-refractivity contribution in [3.63, 3.8) is 0 Å². The van der Waals surface area contributed by atoms with Gasteiger partial charge in [-0.15, -0.1) is 0 Å². The maximum atomic E-state index is 5.59. The van der Waals surface area contributed by atoms with Crippen molar-refractivity contribution in [2.75, 3.05) is 16.8 Å². The van der Waals surface area contributed by atoms with Crippen molar-refractivity contribution >= 4 is 28.7 Å². The first-order valence-electron chi connectivity index (χ1n) is 7.38. The average molecular weight is 298 g/mol. The second-order valence-electron chi connectivity index (χ2n) is 5.01. The molecule has 0 heterocycles. The summed E-state index contributed by atoms with van der Waals surface area (Å²) in [5, 5.41) is 4.09. The van der Waals surface area contributed by atoms with E-state index in [2.05, 4.69) is 67.4 Å². The molecule has 2 rings (SSSR count). The van der Waals surface area contributed by atoms with Crippen molar-refractivity contribution in [1.29, 1.82) is 0 Å². The van der Waals surface area contributed by atoms with Gasteiger partial charge in [0.15, 0.2) is 5.11 Å². The van der Waals surface area contributed by atoms with Crippen molar-refractivity contribution in [2.45, 2.75) is 27.2 Å². The number of aryl methyl sites for hydroxylation is 2. The molecule has 0 aliphatic rings. The van der Waals surface area contributed by atoms with E-state index in [1.807, 2.05) is 12.1 Å². The Labute approximate surface area is 132 Å². The number of nitrogens with zero attached hydrogens (tertiary/aromatic N) is 1. The maximum Gasteiger partial charge on any atom is 0.177 e. The number of rotatable bonds is 4. The molecule has 2 aromatic carbocycles. The Morgan fingerprint density at radius 2 is 1.86 bits per heavy atom. The van der Waals surface area contributed by atoms with Gasteiger partial charge < -0.3 is 10.2 Å². The molecule has 0 saturated carbocycles. The topological polar surface area (TPSA) is 15.3 Å². The van der Waals surface area contributed by atoms with Crippen molar-refractivity contribution in [3.8, 4) is 0 Å². The zero-order chi connectivity index (χ0) is 15.2. The van der Waals surface area contributed by atoms with Crippen LogP contribution in [0.2, 0.25) is 0 Å². The molecule has 0 bridgehead atoms. The number of hydrogen-bond acceptors (Lipinski definition) is 1. The first-order valence-corrected chi connectivity index (χ1v) is 7.79. The minimum Gasteiger partial charge on any atom is -0.332 e. The molecule has 3 heteroatoms. The lowest BCUT2D eigenvalue weighted by Crippen LogP contribution is -2.35. The molecule has 0 spiro atoms. The van der Waals surface area contributed by atoms with Gasteiger partial charge in [0, 0.05) is 17.9 Å². The van der Waals surface area contributed by atoms with E-state index in [4.69, 9.17) is 12.2 Å². The highest BCUT2D eigenvalue weighted by Gasteiger charge is 2.12. The molecule has 1 N–H and O–H groups in total. The van der Waals surface area contributed by atoms with Crippen LogP contribution in [0.25, 0.3) is 0 Å². The Bertz CT molecular complexity index is 622. The van der Waals surface area contributed by atoms with E-state index >= 15 is 0 Å². The standard InChI is InChI=1S/C18H22N2S/c1-4-15-10-8-11-16(13-15)19-18(21)20(5-2)17-12-7-6-9-14(17)3/h6-13H,4-5H2,1-3H3,(H,19,21). The SMILES string of the molecule is CCc1cccc(NC(=S)N(CC)c2ccccc2C)c1. The summed E-state index contributed by atoms with van der Waals surface area (Å²) in [6.07, 6.45) is 1.03. The van der Waals surface area contributed by atoms with Crippen LogP contribution in [0.3, 0.4) is 0 Å². The van der Waals surface area contributed by atoms with Gasteiger partial charge in [0.1, 0.15) is 0 Å². The minimum absolute atomic E-state index is 0.736. The zero-order valence-electron chi connectivity index (χ0n) is 12.9. The van der Waals surface area contributed by atoms with Gasteiger partial charge in [-0.25, -0.2) is 0 Å². The third kappa shape index (κ3) is 3.82. The third-order valence-electron chi connectivity index (χ3n) is 3.55. The average Bonchev–Trinajstić information content (AvgIpc) is 2.50. The van der Waals surface area contributed by atoms with Gasteiger partial charge in [-0.05, 0) is 61.8 Å². The van der Waals surface area contributed by atoms with E-state index in [0.717, 1.165) is 29.5 Å². The monoisotopic (exact) mass is 298 g/mol. The minimum atomic E-state index is 0.736. The second-order valence-corrected chi connectivity index (χ2v) is 5.40. The molecule has 2 nitrogen and oxygen atoms in total. The molecule has 0 aliphatic carbocycles.